The number of methoxy groups -OCH3 is 1. The fourth-order valence-corrected chi connectivity index (χ4v) is 7.43. The van der Waals surface area contributed by atoms with E-state index >= 15 is 0 Å². The summed E-state index contributed by atoms with van der Waals surface area (Å²) in [7, 11) is 4.84. The summed E-state index contributed by atoms with van der Waals surface area (Å²) >= 11 is 0. The highest BCUT2D eigenvalue weighted by Crippen LogP contribution is 2.37. The number of carbonyl (C=O) groups excluding carboxylic acids is 3. The van der Waals surface area contributed by atoms with Crippen LogP contribution in [0.25, 0.3) is 0 Å². The Kier molecular flexibility index (Phi) is 16.8. The maximum atomic E-state index is 12.9. The summed E-state index contributed by atoms with van der Waals surface area (Å²) in [5.41, 5.74) is -1.47. The Labute approximate surface area is 307 Å². The number of likely N-dealkylation sites (N-methyl/N-ethyl adjacent to an activating group) is 1. The third kappa shape index (κ3) is 11.8. The van der Waals surface area contributed by atoms with Crippen molar-refractivity contribution in [1.29, 1.82) is 0 Å². The van der Waals surface area contributed by atoms with E-state index in [1.165, 1.54) is 21.0 Å². The number of aliphatic hydroxyl groups is 4. The standard InChI is InChI=1S/C37H61NO14/c1-20-17-25(15-16-39)33(34(46-9)27(42)18-28(43)47-21(2)13-11-10-12-14-26(20)41)52-36-31(44)30(38(7)8)32(22(3)49-36)51-29-19-37(6,45)35(23(4)48-29)50-24(5)40/h10-12,14,16,20-23,25-27,29-36,41-42,44-45H,13,15,17-19H2,1-9H3/b11-10+,14-12+/t20-,21-,22-,23-,25-,26-,27+,29-,30+,31-,32-,33-,34-,35+,36+,37+/m0/s1. The van der Waals surface area contributed by atoms with Gasteiger partial charge in [0.25, 0.3) is 0 Å². The molecule has 0 unspecified atom stereocenters. The van der Waals surface area contributed by atoms with E-state index < -0.39 is 110 Å². The van der Waals surface area contributed by atoms with Crippen molar-refractivity contribution in [2.75, 3.05) is 21.2 Å². The average Bonchev–Trinajstić information content (AvgIpc) is 3.03. The van der Waals surface area contributed by atoms with Crippen molar-refractivity contribution in [2.24, 2.45) is 11.8 Å². The molecule has 0 saturated carbocycles. The molecule has 3 rings (SSSR count). The molecule has 0 aromatic rings. The second-order valence-corrected chi connectivity index (χ2v) is 14.9. The Bertz CT molecular complexity index is 1210. The van der Waals surface area contributed by atoms with Crippen LogP contribution in [0.15, 0.2) is 24.3 Å². The normalized spacial score (nSPS) is 44.0. The second-order valence-electron chi connectivity index (χ2n) is 14.9. The van der Waals surface area contributed by atoms with Gasteiger partial charge < -0.3 is 63.3 Å². The lowest BCUT2D eigenvalue weighted by Gasteiger charge is -2.50. The minimum atomic E-state index is -1.47. The average molecular weight is 744 g/mol. The van der Waals surface area contributed by atoms with Crippen LogP contribution in [0.3, 0.4) is 0 Å². The number of aliphatic hydroxyl groups excluding tert-OH is 3. The number of aldehydes is 1. The first-order chi connectivity index (χ1) is 24.4. The van der Waals surface area contributed by atoms with Gasteiger partial charge in [-0.25, -0.2) is 0 Å². The van der Waals surface area contributed by atoms with Gasteiger partial charge in [0.05, 0.1) is 43.0 Å². The van der Waals surface area contributed by atoms with Crippen LogP contribution in [0.2, 0.25) is 0 Å². The summed E-state index contributed by atoms with van der Waals surface area (Å²) in [6.07, 6.45) is -4.09. The molecule has 0 aliphatic carbocycles. The largest absolute Gasteiger partial charge is 0.462 e. The number of carbonyl (C=O) groups is 3. The number of hydrogen-bond acceptors (Lipinski definition) is 15. The molecule has 4 N–H and O–H groups in total. The van der Waals surface area contributed by atoms with Crippen molar-refractivity contribution in [2.45, 2.75) is 159 Å². The Hall–Kier alpha value is -2.31. The van der Waals surface area contributed by atoms with Crippen LogP contribution in [0.1, 0.15) is 73.6 Å². The van der Waals surface area contributed by atoms with Crippen LogP contribution in [0, 0.1) is 11.8 Å². The van der Waals surface area contributed by atoms with Gasteiger partial charge in [0.15, 0.2) is 18.7 Å². The van der Waals surface area contributed by atoms with Crippen molar-refractivity contribution in [3.63, 3.8) is 0 Å². The minimum absolute atomic E-state index is 0.0335. The molecule has 0 spiro atoms. The number of ether oxygens (including phenoxy) is 7. The lowest BCUT2D eigenvalue weighted by Crippen LogP contribution is -2.66. The topological polar surface area (TPSA) is 200 Å². The summed E-state index contributed by atoms with van der Waals surface area (Å²) in [5, 5.41) is 45.4. The number of cyclic esters (lactones) is 1. The first-order valence-electron chi connectivity index (χ1n) is 18.1. The molecular weight excluding hydrogens is 682 g/mol. The van der Waals surface area contributed by atoms with Crippen LogP contribution in [-0.4, -0.2) is 150 Å². The van der Waals surface area contributed by atoms with Crippen LogP contribution >= 0.6 is 0 Å². The predicted molar refractivity (Wildman–Crippen MR) is 187 cm³/mol. The number of nitrogens with zero attached hydrogens (tertiary/aromatic N) is 1. The molecule has 2 saturated heterocycles. The molecule has 3 aliphatic heterocycles. The number of allylic oxidation sites excluding steroid dienone is 2. The Morgan fingerprint density at radius 3 is 2.33 bits per heavy atom. The molecule has 0 bridgehead atoms. The molecule has 0 aromatic carbocycles. The SMILES string of the molecule is CO[C@@H]1[C@@H](O[C@H]2O[C@@H](C)[C@H](O[C@H]3C[C@@](C)(O)[C@H](OC(C)=O)[C@H](C)O3)[C@H](N(C)C)[C@@H]2O)[C@@H](CC=O)C[C@H](C)[C@@H](O)/C=C/C=C/C[C@H](C)OC(=O)C[C@H]1O. The maximum Gasteiger partial charge on any atom is 0.308 e. The first kappa shape index (κ1) is 44.1. The Morgan fingerprint density at radius 2 is 1.73 bits per heavy atom. The van der Waals surface area contributed by atoms with Crippen LogP contribution in [0.4, 0.5) is 0 Å². The van der Waals surface area contributed by atoms with E-state index in [1.807, 2.05) is 13.0 Å². The summed E-state index contributed by atoms with van der Waals surface area (Å²) in [4.78, 5) is 38.4. The summed E-state index contributed by atoms with van der Waals surface area (Å²) in [5.74, 6) is -2.23. The zero-order chi connectivity index (χ0) is 38.9. The highest BCUT2D eigenvalue weighted by molar-refractivity contribution is 5.70. The van der Waals surface area contributed by atoms with Gasteiger partial charge in [-0.2, -0.15) is 0 Å². The molecule has 2 fully saturated rings. The Balaban J connectivity index is 1.93. The van der Waals surface area contributed by atoms with Crippen LogP contribution in [0.5, 0.6) is 0 Å². The summed E-state index contributed by atoms with van der Waals surface area (Å²) < 4.78 is 41.8. The zero-order valence-corrected chi connectivity index (χ0v) is 31.9. The maximum absolute atomic E-state index is 12.9. The fourth-order valence-electron chi connectivity index (χ4n) is 7.43. The van der Waals surface area contributed by atoms with Crippen molar-refractivity contribution < 1.29 is 68.0 Å². The van der Waals surface area contributed by atoms with Gasteiger partial charge in [-0.3, -0.25) is 9.59 Å². The zero-order valence-electron chi connectivity index (χ0n) is 31.9. The lowest BCUT2D eigenvalue weighted by molar-refractivity contribution is -0.344. The quantitative estimate of drug-likeness (QED) is 0.195. The van der Waals surface area contributed by atoms with Crippen molar-refractivity contribution in [1.82, 2.24) is 4.90 Å². The van der Waals surface area contributed by atoms with E-state index in [0.29, 0.717) is 12.7 Å². The van der Waals surface area contributed by atoms with Gasteiger partial charge in [0.2, 0.25) is 0 Å². The van der Waals surface area contributed by atoms with Gasteiger partial charge >= 0.3 is 11.9 Å². The van der Waals surface area contributed by atoms with Crippen molar-refractivity contribution in [3.8, 4) is 0 Å². The molecule has 15 nitrogen and oxygen atoms in total. The van der Waals surface area contributed by atoms with Crippen LogP contribution < -0.4 is 0 Å². The Morgan fingerprint density at radius 1 is 1.04 bits per heavy atom. The number of hydrogen-bond donors (Lipinski definition) is 4. The van der Waals surface area contributed by atoms with Gasteiger partial charge in [0.1, 0.15) is 36.3 Å². The van der Waals surface area contributed by atoms with Crippen LogP contribution in [-0.2, 0) is 47.5 Å². The van der Waals surface area contributed by atoms with Crippen molar-refractivity contribution >= 4 is 18.2 Å². The summed E-state index contributed by atoms with van der Waals surface area (Å²) in [6.45, 7) is 9.74. The molecular formula is C37H61NO14. The molecule has 3 heterocycles. The van der Waals surface area contributed by atoms with E-state index in [2.05, 4.69) is 0 Å². The molecule has 298 valence electrons. The second kappa shape index (κ2) is 19.9. The molecule has 0 aromatic heterocycles. The summed E-state index contributed by atoms with van der Waals surface area (Å²) in [6, 6.07) is -0.749. The number of esters is 2. The number of rotatable bonds is 9. The van der Waals surface area contributed by atoms with Gasteiger partial charge in [-0.1, -0.05) is 31.2 Å². The van der Waals surface area contributed by atoms with Crippen molar-refractivity contribution in [3.05, 3.63) is 24.3 Å². The van der Waals surface area contributed by atoms with Gasteiger partial charge in [-0.05, 0) is 60.0 Å². The lowest BCUT2D eigenvalue weighted by atomic mass is 9.82. The molecule has 0 radical (unpaired) electrons. The third-order valence-electron chi connectivity index (χ3n) is 10.1. The molecule has 52 heavy (non-hydrogen) atoms. The minimum Gasteiger partial charge on any atom is -0.462 e. The van der Waals surface area contributed by atoms with E-state index in [0.717, 1.165) is 0 Å². The van der Waals surface area contributed by atoms with Gasteiger partial charge in [-0.15, -0.1) is 0 Å². The van der Waals surface area contributed by atoms with E-state index in [9.17, 15) is 34.8 Å². The predicted octanol–water partition coefficient (Wildman–Crippen LogP) is 1.42. The smallest absolute Gasteiger partial charge is 0.308 e. The molecule has 3 aliphatic rings. The van der Waals surface area contributed by atoms with E-state index in [4.69, 9.17) is 33.2 Å². The monoisotopic (exact) mass is 743 g/mol. The fraction of sp³-hybridized carbons (Fsp3) is 0.811. The molecule has 15 heteroatoms. The van der Waals surface area contributed by atoms with E-state index in [1.54, 1.807) is 58.0 Å². The highest BCUT2D eigenvalue weighted by atomic mass is 16.7. The highest BCUT2D eigenvalue weighted by Gasteiger charge is 2.52. The first-order valence-corrected chi connectivity index (χ1v) is 18.1. The molecule has 16 atom stereocenters. The van der Waals surface area contributed by atoms with E-state index in [-0.39, 0.29) is 25.2 Å². The van der Waals surface area contributed by atoms with Gasteiger partial charge in [0, 0.05) is 33.3 Å². The third-order valence-corrected chi connectivity index (χ3v) is 10.1. The molecule has 0 amide bonds.